The van der Waals surface area contributed by atoms with Crippen LogP contribution >= 0.6 is 0 Å². The quantitative estimate of drug-likeness (QED) is 0.550. The Bertz CT molecular complexity index is 1130. The lowest BCUT2D eigenvalue weighted by Gasteiger charge is -2.42. The maximum absolute atomic E-state index is 13.3. The Morgan fingerprint density at radius 1 is 1.09 bits per heavy atom. The van der Waals surface area contributed by atoms with Crippen LogP contribution in [-0.2, 0) is 17.1 Å². The van der Waals surface area contributed by atoms with Crippen LogP contribution in [0.1, 0.15) is 18.1 Å². The molecular formula is C24H22FN3O4. The number of amides is 3. The van der Waals surface area contributed by atoms with Crippen molar-refractivity contribution in [3.8, 4) is 5.75 Å². The predicted molar refractivity (Wildman–Crippen MR) is 118 cm³/mol. The van der Waals surface area contributed by atoms with Gasteiger partial charge in [0, 0.05) is 17.8 Å². The lowest BCUT2D eigenvalue weighted by Crippen LogP contribution is -2.62. The van der Waals surface area contributed by atoms with Gasteiger partial charge in [-0.25, -0.2) is 9.18 Å². The molecule has 164 valence electrons. The zero-order chi connectivity index (χ0) is 22.7. The van der Waals surface area contributed by atoms with Crippen LogP contribution in [0.2, 0.25) is 0 Å². The van der Waals surface area contributed by atoms with E-state index >= 15 is 0 Å². The second kappa shape index (κ2) is 8.68. The van der Waals surface area contributed by atoms with Crippen LogP contribution in [0.3, 0.4) is 0 Å². The van der Waals surface area contributed by atoms with Crippen molar-refractivity contribution in [1.82, 2.24) is 5.32 Å². The summed E-state index contributed by atoms with van der Waals surface area (Å²) in [7, 11) is 0. The summed E-state index contributed by atoms with van der Waals surface area (Å²) in [6, 6.07) is 18.0. The van der Waals surface area contributed by atoms with Gasteiger partial charge in [-0.3, -0.25) is 9.69 Å². The zero-order valence-electron chi connectivity index (χ0n) is 17.3. The third-order valence-electron chi connectivity index (χ3n) is 5.16. The van der Waals surface area contributed by atoms with Gasteiger partial charge in [0.05, 0.1) is 12.3 Å². The molecule has 0 aromatic heterocycles. The summed E-state index contributed by atoms with van der Waals surface area (Å²) in [5, 5.41) is 17.1. The lowest BCUT2D eigenvalue weighted by molar-refractivity contribution is -0.140. The average Bonchev–Trinajstić information content (AvgIpc) is 2.80. The highest BCUT2D eigenvalue weighted by molar-refractivity contribution is 6.11. The minimum absolute atomic E-state index is 0.0440. The van der Waals surface area contributed by atoms with Crippen molar-refractivity contribution in [1.29, 1.82) is 0 Å². The lowest BCUT2D eigenvalue weighted by atomic mass is 9.94. The van der Waals surface area contributed by atoms with E-state index in [0.29, 0.717) is 29.3 Å². The molecule has 3 amide bonds. The van der Waals surface area contributed by atoms with Crippen molar-refractivity contribution in [2.75, 3.05) is 16.8 Å². The molecule has 1 atom stereocenters. The fourth-order valence-electron chi connectivity index (χ4n) is 3.63. The number of carbonyl (C=O) groups is 2. The van der Waals surface area contributed by atoms with Gasteiger partial charge in [-0.05, 0) is 55.0 Å². The van der Waals surface area contributed by atoms with Gasteiger partial charge in [-0.2, -0.15) is 0 Å². The fraction of sp³-hybridized carbons (Fsp3) is 0.167. The van der Waals surface area contributed by atoms with E-state index in [4.69, 9.17) is 4.74 Å². The molecule has 0 aliphatic carbocycles. The molecule has 3 aromatic carbocycles. The highest BCUT2D eigenvalue weighted by atomic mass is 19.1. The molecule has 3 aromatic rings. The number of rotatable bonds is 6. The Kier molecular flexibility index (Phi) is 5.79. The number of ether oxygens (including phenoxy) is 1. The molecule has 8 heteroatoms. The molecule has 0 bridgehead atoms. The third-order valence-corrected chi connectivity index (χ3v) is 5.16. The Morgan fingerprint density at radius 3 is 2.47 bits per heavy atom. The van der Waals surface area contributed by atoms with Gasteiger partial charge in [-0.15, -0.1) is 0 Å². The first-order chi connectivity index (χ1) is 15.4. The average molecular weight is 435 g/mol. The van der Waals surface area contributed by atoms with E-state index in [2.05, 4.69) is 10.6 Å². The number of nitrogens with one attached hydrogen (secondary N) is 2. The van der Waals surface area contributed by atoms with Crippen LogP contribution in [-0.4, -0.2) is 23.7 Å². The molecule has 0 radical (unpaired) electrons. The number of urea groups is 1. The van der Waals surface area contributed by atoms with Crippen molar-refractivity contribution in [2.24, 2.45) is 0 Å². The van der Waals surface area contributed by atoms with Crippen molar-refractivity contribution >= 4 is 23.3 Å². The Hall–Kier alpha value is -3.91. The van der Waals surface area contributed by atoms with Gasteiger partial charge in [0.25, 0.3) is 11.6 Å². The van der Waals surface area contributed by atoms with Gasteiger partial charge in [-0.1, -0.05) is 30.3 Å². The molecule has 4 rings (SSSR count). The molecular weight excluding hydrogens is 413 g/mol. The number of benzene rings is 3. The molecule has 0 spiro atoms. The fourth-order valence-corrected chi connectivity index (χ4v) is 3.63. The van der Waals surface area contributed by atoms with E-state index in [9.17, 15) is 19.1 Å². The summed E-state index contributed by atoms with van der Waals surface area (Å²) < 4.78 is 18.6. The predicted octanol–water partition coefficient (Wildman–Crippen LogP) is 3.74. The summed E-state index contributed by atoms with van der Waals surface area (Å²) in [6.07, 6.45) is 0. The summed E-state index contributed by atoms with van der Waals surface area (Å²) >= 11 is 0. The minimum Gasteiger partial charge on any atom is -0.494 e. The van der Waals surface area contributed by atoms with Gasteiger partial charge in [0.1, 0.15) is 11.6 Å². The Balaban J connectivity index is 1.71. The van der Waals surface area contributed by atoms with Crippen LogP contribution in [0.15, 0.2) is 72.8 Å². The molecule has 0 saturated heterocycles. The van der Waals surface area contributed by atoms with Gasteiger partial charge >= 0.3 is 6.03 Å². The van der Waals surface area contributed by atoms with Crippen molar-refractivity contribution in [3.63, 3.8) is 0 Å². The smallest absolute Gasteiger partial charge is 0.329 e. The largest absolute Gasteiger partial charge is 0.494 e. The van der Waals surface area contributed by atoms with E-state index in [0.717, 1.165) is 4.90 Å². The van der Waals surface area contributed by atoms with Crippen molar-refractivity contribution in [3.05, 3.63) is 89.7 Å². The first-order valence-electron chi connectivity index (χ1n) is 10.1. The molecule has 32 heavy (non-hydrogen) atoms. The molecule has 0 saturated carbocycles. The van der Waals surface area contributed by atoms with E-state index in [1.54, 1.807) is 48.5 Å². The first-order valence-corrected chi connectivity index (χ1v) is 10.1. The number of halogens is 1. The molecule has 1 aliphatic heterocycles. The third kappa shape index (κ3) is 3.88. The number of hydrogen-bond acceptors (Lipinski definition) is 4. The van der Waals surface area contributed by atoms with E-state index in [-0.39, 0.29) is 12.1 Å². The number of nitrogens with zero attached hydrogens (tertiary/aromatic N) is 1. The molecule has 1 aliphatic rings. The zero-order valence-corrected chi connectivity index (χ0v) is 17.3. The Morgan fingerprint density at radius 2 is 1.78 bits per heavy atom. The monoisotopic (exact) mass is 435 g/mol. The van der Waals surface area contributed by atoms with E-state index < -0.39 is 23.5 Å². The van der Waals surface area contributed by atoms with Crippen LogP contribution in [0, 0.1) is 5.82 Å². The number of para-hydroxylation sites is 1. The Labute approximate surface area is 184 Å². The number of aliphatic hydroxyl groups is 1. The first kappa shape index (κ1) is 21.3. The molecule has 0 unspecified atom stereocenters. The van der Waals surface area contributed by atoms with Crippen LogP contribution in [0.5, 0.6) is 5.75 Å². The summed E-state index contributed by atoms with van der Waals surface area (Å²) in [4.78, 5) is 27.3. The van der Waals surface area contributed by atoms with E-state index in [1.165, 1.54) is 24.3 Å². The second-order valence-corrected chi connectivity index (χ2v) is 7.22. The van der Waals surface area contributed by atoms with Gasteiger partial charge in [0.2, 0.25) is 0 Å². The molecule has 3 N–H and O–H groups in total. The maximum Gasteiger partial charge on any atom is 0.329 e. The minimum atomic E-state index is -2.31. The van der Waals surface area contributed by atoms with E-state index in [1.807, 2.05) is 6.92 Å². The van der Waals surface area contributed by atoms with Crippen LogP contribution in [0.4, 0.5) is 20.6 Å². The molecule has 1 heterocycles. The van der Waals surface area contributed by atoms with Gasteiger partial charge < -0.3 is 20.5 Å². The topological polar surface area (TPSA) is 90.9 Å². The number of fused-ring (bicyclic) bond motifs is 1. The van der Waals surface area contributed by atoms with Crippen molar-refractivity contribution < 1.29 is 23.8 Å². The standard InChI is InChI=1S/C24H22FN3O4/c1-2-32-19-13-11-18(12-14-19)28-23(30)27-21-6-4-3-5-20(21)24(28,31)22(29)26-15-16-7-9-17(25)10-8-16/h3-14,31H,2,15H2,1H3,(H,26,29)(H,27,30)/t24-/m0/s1. The van der Waals surface area contributed by atoms with Crippen LogP contribution < -0.4 is 20.3 Å². The van der Waals surface area contributed by atoms with Crippen LogP contribution in [0.25, 0.3) is 0 Å². The molecule has 7 nitrogen and oxygen atoms in total. The normalized spacial score (nSPS) is 17.3. The summed E-state index contributed by atoms with van der Waals surface area (Å²) in [5.41, 5.74) is -0.805. The molecule has 0 fully saturated rings. The number of anilines is 2. The second-order valence-electron chi connectivity index (χ2n) is 7.22. The van der Waals surface area contributed by atoms with Crippen molar-refractivity contribution in [2.45, 2.75) is 19.2 Å². The number of hydrogen-bond donors (Lipinski definition) is 3. The SMILES string of the molecule is CCOc1ccc(N2C(=O)Nc3ccccc3[C@]2(O)C(=O)NCc2ccc(F)cc2)cc1. The number of carbonyl (C=O) groups excluding carboxylic acids is 2. The highest BCUT2D eigenvalue weighted by Gasteiger charge is 2.51. The van der Waals surface area contributed by atoms with Gasteiger partial charge in [0.15, 0.2) is 0 Å². The summed E-state index contributed by atoms with van der Waals surface area (Å²) in [5.74, 6) is -0.588. The maximum atomic E-state index is 13.3. The highest BCUT2D eigenvalue weighted by Crippen LogP contribution is 2.40. The summed E-state index contributed by atoms with van der Waals surface area (Å²) in [6.45, 7) is 2.38.